The van der Waals surface area contributed by atoms with E-state index >= 15 is 0 Å². The Kier molecular flexibility index (Phi) is 7.04. The van der Waals surface area contributed by atoms with Crippen molar-refractivity contribution in [1.82, 2.24) is 0 Å². The van der Waals surface area contributed by atoms with E-state index in [-0.39, 0.29) is 6.04 Å². The van der Waals surface area contributed by atoms with Gasteiger partial charge in [0.2, 0.25) is 0 Å². The largest absolute Gasteiger partial charge is 0.333 e. The third-order valence-corrected chi connectivity index (χ3v) is 8.72. The Morgan fingerprint density at radius 3 is 1.81 bits per heavy atom. The summed E-state index contributed by atoms with van der Waals surface area (Å²) in [5.41, 5.74) is 5.94. The molecule has 0 aliphatic heterocycles. The van der Waals surface area contributed by atoms with Gasteiger partial charge in [0, 0.05) is 33.5 Å². The lowest BCUT2D eigenvalue weighted by molar-refractivity contribution is 0.610. The minimum absolute atomic E-state index is 0.217. The van der Waals surface area contributed by atoms with Crippen molar-refractivity contribution in [2.75, 3.05) is 9.80 Å². The van der Waals surface area contributed by atoms with Gasteiger partial charge in [-0.2, -0.15) is 0 Å². The quantitative estimate of drug-likeness (QED) is 0.142. The molecule has 1 aliphatic carbocycles. The van der Waals surface area contributed by atoms with Crippen molar-refractivity contribution >= 4 is 55.1 Å². The van der Waals surface area contributed by atoms with Crippen molar-refractivity contribution in [2.24, 2.45) is 5.92 Å². The predicted octanol–water partition coefficient (Wildman–Crippen LogP) is 11.5. The van der Waals surface area contributed by atoms with Crippen LogP contribution in [0.2, 0.25) is 0 Å². The minimum Gasteiger partial charge on any atom is -0.333 e. The number of hydrogen-bond acceptors (Lipinski definition) is 2. The summed E-state index contributed by atoms with van der Waals surface area (Å²) in [7, 11) is 0. The Hall–Kier alpha value is -5.08. The van der Waals surface area contributed by atoms with Crippen molar-refractivity contribution in [3.63, 3.8) is 0 Å². The molecule has 0 amide bonds. The smallest absolute Gasteiger partial charge is 0.0585 e. The van der Waals surface area contributed by atoms with Crippen molar-refractivity contribution < 1.29 is 0 Å². The number of anilines is 4. The first-order chi connectivity index (χ1) is 21.2. The van der Waals surface area contributed by atoms with E-state index in [0.29, 0.717) is 5.92 Å². The molecule has 210 valence electrons. The Balaban J connectivity index is 1.50. The van der Waals surface area contributed by atoms with Gasteiger partial charge >= 0.3 is 0 Å². The molecule has 0 spiro atoms. The number of rotatable bonds is 7. The van der Waals surface area contributed by atoms with Gasteiger partial charge in [-0.1, -0.05) is 116 Å². The summed E-state index contributed by atoms with van der Waals surface area (Å²) in [6.07, 6.45) is 15.4. The van der Waals surface area contributed by atoms with Gasteiger partial charge in [0.1, 0.15) is 0 Å². The lowest BCUT2D eigenvalue weighted by atomic mass is 9.90. The molecule has 6 aromatic rings. The highest BCUT2D eigenvalue weighted by Crippen LogP contribution is 2.46. The van der Waals surface area contributed by atoms with Crippen LogP contribution in [0.1, 0.15) is 20.8 Å². The molecule has 0 radical (unpaired) electrons. The van der Waals surface area contributed by atoms with Crippen LogP contribution in [0.15, 0.2) is 157 Å². The molecule has 0 saturated carbocycles. The molecule has 0 N–H and O–H groups in total. The maximum absolute atomic E-state index is 2.53. The van der Waals surface area contributed by atoms with Crippen LogP contribution in [0.3, 0.4) is 0 Å². The Morgan fingerprint density at radius 2 is 1.19 bits per heavy atom. The summed E-state index contributed by atoms with van der Waals surface area (Å²) in [6.45, 7) is 6.56. The van der Waals surface area contributed by atoms with Gasteiger partial charge in [0.15, 0.2) is 0 Å². The Bertz CT molecular complexity index is 2010. The van der Waals surface area contributed by atoms with Crippen LogP contribution in [0.5, 0.6) is 0 Å². The van der Waals surface area contributed by atoms with Crippen molar-refractivity contribution in [2.45, 2.75) is 26.8 Å². The third-order valence-electron chi connectivity index (χ3n) is 8.72. The zero-order chi connectivity index (χ0) is 29.3. The first kappa shape index (κ1) is 26.8. The van der Waals surface area contributed by atoms with Crippen molar-refractivity contribution in [1.29, 1.82) is 0 Å². The molecule has 2 heteroatoms. The van der Waals surface area contributed by atoms with Gasteiger partial charge in [-0.3, -0.25) is 0 Å². The Morgan fingerprint density at radius 1 is 0.628 bits per heavy atom. The van der Waals surface area contributed by atoms with E-state index in [2.05, 4.69) is 182 Å². The fraction of sp³-hybridized carbons (Fsp3) is 0.122. The van der Waals surface area contributed by atoms with E-state index in [0.717, 1.165) is 5.69 Å². The van der Waals surface area contributed by atoms with Gasteiger partial charge in [-0.25, -0.2) is 0 Å². The molecule has 0 bridgehead atoms. The summed E-state index contributed by atoms with van der Waals surface area (Å²) in [5.74, 6) is 0.377. The molecule has 2 unspecified atom stereocenters. The number of benzene rings is 6. The Labute approximate surface area is 254 Å². The highest BCUT2D eigenvalue weighted by atomic mass is 15.2. The van der Waals surface area contributed by atoms with Crippen LogP contribution < -0.4 is 9.80 Å². The lowest BCUT2D eigenvalue weighted by Crippen LogP contribution is -2.35. The topological polar surface area (TPSA) is 6.48 Å². The first-order valence-electron chi connectivity index (χ1n) is 15.2. The molecule has 2 nitrogen and oxygen atoms in total. The summed E-state index contributed by atoms with van der Waals surface area (Å²) in [5, 5.41) is 7.69. The van der Waals surface area contributed by atoms with E-state index in [1.165, 1.54) is 55.1 Å². The number of hydrogen-bond donors (Lipinski definition) is 0. The SMILES string of the molecule is C/C=C\C=C(/C)N(c1ccccc1)c1ccc2ccc3c(N(c4ccccc4)C4C=CC=CC4C)ccc4ccc1c2c43. The van der Waals surface area contributed by atoms with Crippen molar-refractivity contribution in [3.8, 4) is 0 Å². The average molecular weight is 557 g/mol. The molecule has 0 aromatic heterocycles. The molecule has 0 fully saturated rings. The summed E-state index contributed by atoms with van der Waals surface area (Å²) in [4.78, 5) is 4.90. The van der Waals surface area contributed by atoms with E-state index in [1.54, 1.807) is 0 Å². The highest BCUT2D eigenvalue weighted by molar-refractivity contribution is 6.27. The molecule has 0 saturated heterocycles. The maximum Gasteiger partial charge on any atom is 0.0585 e. The molecule has 0 heterocycles. The predicted molar refractivity (Wildman–Crippen MR) is 187 cm³/mol. The zero-order valence-corrected chi connectivity index (χ0v) is 25.0. The molecular formula is C41H36N2. The normalized spacial score (nSPS) is 17.0. The van der Waals surface area contributed by atoms with Crippen LogP contribution in [-0.4, -0.2) is 6.04 Å². The standard InChI is InChI=1S/C41H36N2/c1-4-5-15-30(3)42(33-16-8-6-9-17-33)38-27-23-31-22-26-36-39(28-24-32-21-25-35(38)40(31)41(32)36)43(34-18-10-7-11-19-34)37-20-13-12-14-29(37)2/h4-29,37H,1-3H3/b5-4-,30-15+. The van der Waals surface area contributed by atoms with Crippen LogP contribution >= 0.6 is 0 Å². The fourth-order valence-electron chi connectivity index (χ4n) is 6.68. The highest BCUT2D eigenvalue weighted by Gasteiger charge is 2.26. The lowest BCUT2D eigenvalue weighted by Gasteiger charge is -2.37. The van der Waals surface area contributed by atoms with E-state index in [9.17, 15) is 0 Å². The van der Waals surface area contributed by atoms with Crippen LogP contribution in [0.25, 0.3) is 32.3 Å². The van der Waals surface area contributed by atoms with Crippen LogP contribution in [-0.2, 0) is 0 Å². The number of para-hydroxylation sites is 2. The second-order valence-corrected chi connectivity index (χ2v) is 11.4. The molecule has 2 atom stereocenters. The number of nitrogens with zero attached hydrogens (tertiary/aromatic N) is 2. The fourth-order valence-corrected chi connectivity index (χ4v) is 6.68. The van der Waals surface area contributed by atoms with Crippen LogP contribution in [0.4, 0.5) is 22.7 Å². The van der Waals surface area contributed by atoms with Gasteiger partial charge in [0.25, 0.3) is 0 Å². The molecule has 1 aliphatic rings. The minimum atomic E-state index is 0.217. The van der Waals surface area contributed by atoms with E-state index < -0.39 is 0 Å². The van der Waals surface area contributed by atoms with Gasteiger partial charge in [0.05, 0.1) is 11.7 Å². The second kappa shape index (κ2) is 11.3. The number of allylic oxidation sites excluding steroid dienone is 6. The first-order valence-corrected chi connectivity index (χ1v) is 15.2. The van der Waals surface area contributed by atoms with Gasteiger partial charge < -0.3 is 9.80 Å². The van der Waals surface area contributed by atoms with Gasteiger partial charge in [-0.05, 0) is 83.8 Å². The summed E-state index contributed by atoms with van der Waals surface area (Å²) >= 11 is 0. The zero-order valence-electron chi connectivity index (χ0n) is 25.0. The molecular weight excluding hydrogens is 520 g/mol. The maximum atomic E-state index is 2.53. The van der Waals surface area contributed by atoms with Crippen molar-refractivity contribution in [3.05, 3.63) is 157 Å². The van der Waals surface area contributed by atoms with E-state index in [4.69, 9.17) is 0 Å². The van der Waals surface area contributed by atoms with Crippen LogP contribution in [0, 0.1) is 5.92 Å². The monoisotopic (exact) mass is 556 g/mol. The second-order valence-electron chi connectivity index (χ2n) is 11.4. The van der Waals surface area contributed by atoms with Gasteiger partial charge in [-0.15, -0.1) is 0 Å². The molecule has 7 rings (SSSR count). The summed E-state index contributed by atoms with van der Waals surface area (Å²) in [6, 6.07) is 40.1. The molecule has 6 aromatic carbocycles. The summed E-state index contributed by atoms with van der Waals surface area (Å²) < 4.78 is 0. The average Bonchev–Trinajstić information content (AvgIpc) is 3.06. The van der Waals surface area contributed by atoms with E-state index in [1.807, 2.05) is 0 Å². The third kappa shape index (κ3) is 4.70. The molecule has 43 heavy (non-hydrogen) atoms.